The van der Waals surface area contributed by atoms with E-state index in [1.165, 1.54) is 0 Å². The third-order valence-electron chi connectivity index (χ3n) is 4.00. The standard InChI is InChI=1S/C15H20O3/c1-15(9-4-3-8-13(15)16)14(17)11-6-5-7-12(10-11)18-2/h5-7,10,14,17H,3-4,8-9H2,1-2H3/t14?,15-/m1/s1. The maximum atomic E-state index is 12.1. The third kappa shape index (κ3) is 2.27. The Kier molecular flexibility index (Phi) is 3.71. The molecule has 0 aromatic heterocycles. The number of ketones is 1. The van der Waals surface area contributed by atoms with Crippen LogP contribution in [0.3, 0.4) is 0 Å². The fourth-order valence-electron chi connectivity index (χ4n) is 2.67. The summed E-state index contributed by atoms with van der Waals surface area (Å²) in [5.74, 6) is 0.877. The lowest BCUT2D eigenvalue weighted by Gasteiger charge is -2.36. The number of hydrogen-bond donors (Lipinski definition) is 1. The van der Waals surface area contributed by atoms with Crippen molar-refractivity contribution < 1.29 is 14.6 Å². The number of carbonyl (C=O) groups is 1. The average Bonchev–Trinajstić information content (AvgIpc) is 2.41. The SMILES string of the molecule is COc1cccc(C(O)[C@]2(C)CCCCC2=O)c1. The van der Waals surface area contributed by atoms with Crippen LogP contribution in [0, 0.1) is 5.41 Å². The van der Waals surface area contributed by atoms with Crippen LogP contribution in [0.15, 0.2) is 24.3 Å². The summed E-state index contributed by atoms with van der Waals surface area (Å²) in [6, 6.07) is 7.33. The molecule has 2 rings (SSSR count). The Balaban J connectivity index is 2.28. The lowest BCUT2D eigenvalue weighted by Crippen LogP contribution is -2.37. The van der Waals surface area contributed by atoms with Gasteiger partial charge in [-0.15, -0.1) is 0 Å². The van der Waals surface area contributed by atoms with Crippen LogP contribution in [-0.4, -0.2) is 18.0 Å². The minimum atomic E-state index is -0.750. The van der Waals surface area contributed by atoms with E-state index < -0.39 is 11.5 Å². The first-order valence-electron chi connectivity index (χ1n) is 6.43. The zero-order valence-corrected chi connectivity index (χ0v) is 11.0. The maximum Gasteiger partial charge on any atom is 0.141 e. The number of benzene rings is 1. The van der Waals surface area contributed by atoms with Crippen LogP contribution in [0.25, 0.3) is 0 Å². The van der Waals surface area contributed by atoms with Crippen molar-refractivity contribution in [3.05, 3.63) is 29.8 Å². The molecule has 0 heterocycles. The first kappa shape index (κ1) is 13.1. The van der Waals surface area contributed by atoms with Crippen LogP contribution in [0.5, 0.6) is 5.75 Å². The Hall–Kier alpha value is -1.35. The van der Waals surface area contributed by atoms with Gasteiger partial charge in [-0.05, 0) is 37.5 Å². The fraction of sp³-hybridized carbons (Fsp3) is 0.533. The quantitative estimate of drug-likeness (QED) is 0.894. The smallest absolute Gasteiger partial charge is 0.141 e. The van der Waals surface area contributed by atoms with Crippen LogP contribution >= 0.6 is 0 Å². The van der Waals surface area contributed by atoms with Crippen LogP contribution in [0.4, 0.5) is 0 Å². The summed E-state index contributed by atoms with van der Waals surface area (Å²) in [6.07, 6.45) is 2.53. The Morgan fingerprint density at radius 2 is 2.17 bits per heavy atom. The van der Waals surface area contributed by atoms with Crippen molar-refractivity contribution in [3.63, 3.8) is 0 Å². The monoisotopic (exact) mass is 248 g/mol. The molecule has 0 radical (unpaired) electrons. The zero-order valence-electron chi connectivity index (χ0n) is 11.0. The minimum Gasteiger partial charge on any atom is -0.497 e. The molecule has 1 aliphatic carbocycles. The molecule has 1 aromatic carbocycles. The molecule has 1 fully saturated rings. The lowest BCUT2D eigenvalue weighted by atomic mass is 9.69. The van der Waals surface area contributed by atoms with Crippen LogP contribution in [-0.2, 0) is 4.79 Å². The zero-order chi connectivity index (χ0) is 13.2. The van der Waals surface area contributed by atoms with Gasteiger partial charge in [-0.2, -0.15) is 0 Å². The van der Waals surface area contributed by atoms with Gasteiger partial charge in [0.05, 0.1) is 18.6 Å². The molecule has 0 aliphatic heterocycles. The number of aliphatic hydroxyl groups excluding tert-OH is 1. The van der Waals surface area contributed by atoms with E-state index in [1.54, 1.807) is 13.2 Å². The first-order valence-corrected chi connectivity index (χ1v) is 6.43. The molecule has 3 nitrogen and oxygen atoms in total. The van der Waals surface area contributed by atoms with Crippen molar-refractivity contribution in [2.45, 2.75) is 38.7 Å². The highest BCUT2D eigenvalue weighted by atomic mass is 16.5. The summed E-state index contributed by atoms with van der Waals surface area (Å²) in [5, 5.41) is 10.5. The minimum absolute atomic E-state index is 0.170. The summed E-state index contributed by atoms with van der Waals surface area (Å²) in [6.45, 7) is 1.87. The van der Waals surface area contributed by atoms with Gasteiger partial charge in [0.1, 0.15) is 11.5 Å². The number of rotatable bonds is 3. The third-order valence-corrected chi connectivity index (χ3v) is 4.00. The number of carbonyl (C=O) groups excluding carboxylic acids is 1. The molecule has 1 saturated carbocycles. The highest BCUT2D eigenvalue weighted by Crippen LogP contribution is 2.43. The van der Waals surface area contributed by atoms with Gasteiger partial charge >= 0.3 is 0 Å². The summed E-state index contributed by atoms with van der Waals surface area (Å²) >= 11 is 0. The predicted octanol–water partition coefficient (Wildman–Crippen LogP) is 2.88. The molecule has 0 saturated heterocycles. The summed E-state index contributed by atoms with van der Waals surface area (Å²) in [5.41, 5.74) is 0.108. The second-order valence-electron chi connectivity index (χ2n) is 5.23. The number of Topliss-reactive ketones (excluding diaryl/α,β-unsaturated/α-hetero) is 1. The molecule has 3 heteroatoms. The topological polar surface area (TPSA) is 46.5 Å². The second kappa shape index (κ2) is 5.11. The Morgan fingerprint density at radius 1 is 1.39 bits per heavy atom. The van der Waals surface area contributed by atoms with Gasteiger partial charge in [0.2, 0.25) is 0 Å². The molecule has 2 atom stereocenters. The summed E-state index contributed by atoms with van der Waals surface area (Å²) in [7, 11) is 1.60. The van der Waals surface area contributed by atoms with Crippen LogP contribution in [0.2, 0.25) is 0 Å². The van der Waals surface area contributed by atoms with Crippen molar-refractivity contribution in [1.29, 1.82) is 0 Å². The van der Waals surface area contributed by atoms with Crippen LogP contribution < -0.4 is 4.74 Å². The van der Waals surface area contributed by atoms with Crippen molar-refractivity contribution in [2.24, 2.45) is 5.41 Å². The molecule has 1 aliphatic rings. The van der Waals surface area contributed by atoms with E-state index in [0.717, 1.165) is 24.8 Å². The van der Waals surface area contributed by atoms with E-state index in [0.29, 0.717) is 12.2 Å². The van der Waals surface area contributed by atoms with Crippen molar-refractivity contribution in [1.82, 2.24) is 0 Å². The van der Waals surface area contributed by atoms with Gasteiger partial charge in [0, 0.05) is 6.42 Å². The molecular weight excluding hydrogens is 228 g/mol. The van der Waals surface area contributed by atoms with E-state index in [1.807, 2.05) is 25.1 Å². The fourth-order valence-corrected chi connectivity index (χ4v) is 2.67. The lowest BCUT2D eigenvalue weighted by molar-refractivity contribution is -0.138. The number of aliphatic hydroxyl groups is 1. The summed E-state index contributed by atoms with van der Waals surface area (Å²) in [4.78, 5) is 12.1. The molecule has 0 amide bonds. The number of hydrogen-bond acceptors (Lipinski definition) is 3. The highest BCUT2D eigenvalue weighted by Gasteiger charge is 2.42. The Labute approximate surface area is 108 Å². The van der Waals surface area contributed by atoms with Gasteiger partial charge in [0.15, 0.2) is 0 Å². The van der Waals surface area contributed by atoms with Gasteiger partial charge in [-0.25, -0.2) is 0 Å². The van der Waals surface area contributed by atoms with E-state index >= 15 is 0 Å². The first-order chi connectivity index (χ1) is 8.58. The van der Waals surface area contributed by atoms with E-state index in [9.17, 15) is 9.90 Å². The molecule has 1 aromatic rings. The molecule has 0 spiro atoms. The van der Waals surface area contributed by atoms with E-state index in [4.69, 9.17) is 4.74 Å². The van der Waals surface area contributed by atoms with Crippen molar-refractivity contribution in [3.8, 4) is 5.75 Å². The predicted molar refractivity (Wildman–Crippen MR) is 69.5 cm³/mol. The second-order valence-corrected chi connectivity index (χ2v) is 5.23. The maximum absolute atomic E-state index is 12.1. The van der Waals surface area contributed by atoms with Gasteiger partial charge in [0.25, 0.3) is 0 Å². The molecule has 0 bridgehead atoms. The van der Waals surface area contributed by atoms with Crippen molar-refractivity contribution in [2.75, 3.05) is 7.11 Å². The Morgan fingerprint density at radius 3 is 2.83 bits per heavy atom. The summed E-state index contributed by atoms with van der Waals surface area (Å²) < 4.78 is 5.16. The highest BCUT2D eigenvalue weighted by molar-refractivity contribution is 5.85. The van der Waals surface area contributed by atoms with Gasteiger partial charge in [-0.1, -0.05) is 18.6 Å². The normalized spacial score (nSPS) is 25.8. The molecule has 1 N–H and O–H groups in total. The van der Waals surface area contributed by atoms with Crippen LogP contribution in [0.1, 0.15) is 44.3 Å². The molecule has 18 heavy (non-hydrogen) atoms. The van der Waals surface area contributed by atoms with Crippen molar-refractivity contribution >= 4 is 5.78 Å². The molecule has 1 unspecified atom stereocenters. The van der Waals surface area contributed by atoms with E-state index in [-0.39, 0.29) is 5.78 Å². The van der Waals surface area contributed by atoms with Gasteiger partial charge in [-0.3, -0.25) is 4.79 Å². The average molecular weight is 248 g/mol. The van der Waals surface area contributed by atoms with E-state index in [2.05, 4.69) is 0 Å². The largest absolute Gasteiger partial charge is 0.497 e. The van der Waals surface area contributed by atoms with Gasteiger partial charge < -0.3 is 9.84 Å². The molecular formula is C15H20O3. The number of ether oxygens (including phenoxy) is 1. The number of methoxy groups -OCH3 is 1. The Bertz CT molecular complexity index is 441. The molecule has 98 valence electrons.